The van der Waals surface area contributed by atoms with Crippen LogP contribution in [0.3, 0.4) is 0 Å². The molecule has 100 valence electrons. The van der Waals surface area contributed by atoms with Crippen molar-refractivity contribution >= 4 is 75.4 Å². The van der Waals surface area contributed by atoms with Crippen LogP contribution in [0.2, 0.25) is 0 Å². The summed E-state index contributed by atoms with van der Waals surface area (Å²) in [6.07, 6.45) is 0. The van der Waals surface area contributed by atoms with E-state index >= 15 is 0 Å². The number of hydrogen-bond donors (Lipinski definition) is 0. The van der Waals surface area contributed by atoms with Crippen LogP contribution in [0.4, 0.5) is 0 Å². The van der Waals surface area contributed by atoms with E-state index in [4.69, 9.17) is 49.7 Å². The minimum Gasteiger partial charge on any atom is -0.411 e. The molecule has 0 saturated carbocycles. The second-order valence-corrected chi connectivity index (χ2v) is 4.94. The Balaban J connectivity index is -0.000000218. The van der Waals surface area contributed by atoms with Crippen molar-refractivity contribution in [1.82, 2.24) is 9.80 Å². The quantitative estimate of drug-likeness (QED) is 0.418. The topological polar surface area (TPSA) is 6.48 Å². The zero-order chi connectivity index (χ0) is 13.1. The largest absolute Gasteiger partial charge is 2.00 e. The molecule has 0 fully saturated rings. The summed E-state index contributed by atoms with van der Waals surface area (Å²) in [5.41, 5.74) is 0. The maximum atomic E-state index is 4.76. The van der Waals surface area contributed by atoms with Gasteiger partial charge in [-0.25, -0.2) is 0 Å². The van der Waals surface area contributed by atoms with Crippen LogP contribution in [0.15, 0.2) is 0 Å². The first-order chi connectivity index (χ1) is 7.44. The molecule has 17 heavy (non-hydrogen) atoms. The first-order valence-corrected chi connectivity index (χ1v) is 6.99. The Morgan fingerprint density at radius 2 is 0.941 bits per heavy atom. The molecular weight excluding hydrogens is 355 g/mol. The Morgan fingerprint density at radius 1 is 0.765 bits per heavy atom. The summed E-state index contributed by atoms with van der Waals surface area (Å²) in [4.78, 5) is 3.93. The van der Waals surface area contributed by atoms with Crippen LogP contribution in [0.25, 0.3) is 0 Å². The molecule has 0 rings (SSSR count). The average molecular weight is 376 g/mol. The van der Waals surface area contributed by atoms with Gasteiger partial charge < -0.3 is 59.5 Å². The molecule has 0 aliphatic carbocycles. The fourth-order valence-corrected chi connectivity index (χ4v) is 2.00. The van der Waals surface area contributed by atoms with Crippen molar-refractivity contribution in [1.29, 1.82) is 0 Å². The standard InChI is InChI=1S/2C5H11NS2.Se/c2*1-3-6(4-2)5(7)8;/h2*3-4H2,1-2H3,(H,7,8);/q;;+2/p-2. The van der Waals surface area contributed by atoms with Gasteiger partial charge in [-0.05, 0) is 27.7 Å². The van der Waals surface area contributed by atoms with Crippen LogP contribution in [0, 0.1) is 0 Å². The normalized spacial score (nSPS) is 8.24. The van der Waals surface area contributed by atoms with Gasteiger partial charge in [0.1, 0.15) is 0 Å². The minimum absolute atomic E-state index is 0. The average Bonchev–Trinajstić information content (AvgIpc) is 2.21. The summed E-state index contributed by atoms with van der Waals surface area (Å²) < 4.78 is 1.16. The number of thiocarbonyl (C=S) groups is 2. The van der Waals surface area contributed by atoms with E-state index in [2.05, 4.69) is 0 Å². The minimum atomic E-state index is 0. The van der Waals surface area contributed by atoms with E-state index in [0.29, 0.717) is 8.64 Å². The Hall–Kier alpha value is 0.739. The summed E-state index contributed by atoms with van der Waals surface area (Å²) in [6, 6.07) is 0. The molecule has 0 unspecified atom stereocenters. The third-order valence-electron chi connectivity index (χ3n) is 2.04. The van der Waals surface area contributed by atoms with Gasteiger partial charge in [0.2, 0.25) is 0 Å². The molecule has 7 heteroatoms. The van der Waals surface area contributed by atoms with E-state index in [1.807, 2.05) is 37.5 Å². The molecular formula is C10H20N2S4Se. The molecule has 0 spiro atoms. The Kier molecular flexibility index (Phi) is 19.9. The molecule has 0 aliphatic rings. The fourth-order valence-electron chi connectivity index (χ4n) is 0.964. The molecule has 0 aromatic rings. The van der Waals surface area contributed by atoms with Gasteiger partial charge in [-0.3, -0.25) is 0 Å². The van der Waals surface area contributed by atoms with Crippen LogP contribution >= 0.6 is 24.4 Å². The molecule has 0 amide bonds. The number of nitrogens with zero attached hydrogens (tertiary/aromatic N) is 2. The maximum absolute atomic E-state index is 4.76. The van der Waals surface area contributed by atoms with Crippen molar-refractivity contribution in [3.63, 3.8) is 0 Å². The van der Waals surface area contributed by atoms with E-state index < -0.39 is 0 Å². The third kappa shape index (κ3) is 13.0. The van der Waals surface area contributed by atoms with Crippen molar-refractivity contribution in [2.75, 3.05) is 26.2 Å². The van der Waals surface area contributed by atoms with Crippen LogP contribution in [-0.4, -0.2) is 61.7 Å². The summed E-state index contributed by atoms with van der Waals surface area (Å²) in [6.45, 7) is 11.9. The summed E-state index contributed by atoms with van der Waals surface area (Å²) in [5.74, 6) is 0. The Morgan fingerprint density at radius 3 is 0.941 bits per heavy atom. The molecule has 4 radical (unpaired) electrons. The van der Waals surface area contributed by atoms with Gasteiger partial charge in [-0.1, -0.05) is 8.64 Å². The van der Waals surface area contributed by atoms with Crippen molar-refractivity contribution in [3.8, 4) is 0 Å². The van der Waals surface area contributed by atoms with Crippen molar-refractivity contribution in [2.45, 2.75) is 27.7 Å². The van der Waals surface area contributed by atoms with Gasteiger partial charge in [0.15, 0.2) is 0 Å². The molecule has 0 heterocycles. The van der Waals surface area contributed by atoms with Crippen molar-refractivity contribution < 1.29 is 0 Å². The zero-order valence-corrected chi connectivity index (χ0v) is 15.7. The fraction of sp³-hybridized carbons (Fsp3) is 0.800. The zero-order valence-electron chi connectivity index (χ0n) is 10.8. The second kappa shape index (κ2) is 14.8. The van der Waals surface area contributed by atoms with Gasteiger partial charge in [-0.15, -0.1) is 0 Å². The van der Waals surface area contributed by atoms with Crippen LogP contribution in [-0.2, 0) is 25.3 Å². The summed E-state index contributed by atoms with van der Waals surface area (Å²) in [7, 11) is 0. The van der Waals surface area contributed by atoms with E-state index in [1.54, 1.807) is 0 Å². The number of rotatable bonds is 4. The summed E-state index contributed by atoms with van der Waals surface area (Å²) in [5, 5.41) is 0. The Labute approximate surface area is 138 Å². The van der Waals surface area contributed by atoms with Gasteiger partial charge in [0.05, 0.1) is 0 Å². The smallest absolute Gasteiger partial charge is 0.411 e. The predicted octanol–water partition coefficient (Wildman–Crippen LogP) is 1.94. The maximum Gasteiger partial charge on any atom is 2.00 e. The third-order valence-corrected chi connectivity index (χ3v) is 3.08. The van der Waals surface area contributed by atoms with Crippen LogP contribution in [0.1, 0.15) is 27.7 Å². The number of hydrogen-bond acceptors (Lipinski definition) is 4. The van der Waals surface area contributed by atoms with Crippen molar-refractivity contribution in [2.24, 2.45) is 0 Å². The Bertz CT molecular complexity index is 184. The van der Waals surface area contributed by atoms with Gasteiger partial charge in [-0.2, -0.15) is 0 Å². The molecule has 0 aliphatic heterocycles. The molecule has 0 aromatic heterocycles. The van der Waals surface area contributed by atoms with E-state index in [0.717, 1.165) is 26.2 Å². The molecule has 0 atom stereocenters. The first kappa shape index (κ1) is 22.9. The first-order valence-electron chi connectivity index (χ1n) is 5.36. The van der Waals surface area contributed by atoms with Crippen LogP contribution in [0.5, 0.6) is 0 Å². The monoisotopic (exact) mass is 376 g/mol. The van der Waals surface area contributed by atoms with Crippen LogP contribution < -0.4 is 0 Å². The van der Waals surface area contributed by atoms with E-state index in [9.17, 15) is 0 Å². The molecule has 0 bridgehead atoms. The predicted molar refractivity (Wildman–Crippen MR) is 91.5 cm³/mol. The SMILES string of the molecule is CCN(CC)C(=S)[S-].CCN(CC)C(=S)[S-].[Se+2]. The van der Waals surface area contributed by atoms with Gasteiger partial charge in [0.25, 0.3) is 0 Å². The molecule has 0 saturated heterocycles. The summed E-state index contributed by atoms with van der Waals surface area (Å²) >= 11 is 19.0. The van der Waals surface area contributed by atoms with Crippen molar-refractivity contribution in [3.05, 3.63) is 0 Å². The van der Waals surface area contributed by atoms with Gasteiger partial charge in [0, 0.05) is 26.2 Å². The molecule has 2 nitrogen and oxygen atoms in total. The van der Waals surface area contributed by atoms with Gasteiger partial charge >= 0.3 is 17.1 Å². The van der Waals surface area contributed by atoms with E-state index in [-0.39, 0.29) is 17.1 Å². The second-order valence-electron chi connectivity index (χ2n) is 2.88. The van der Waals surface area contributed by atoms with E-state index in [1.165, 1.54) is 0 Å². The molecule has 0 aromatic carbocycles. The molecule has 0 N–H and O–H groups in total.